The molecule has 3 aromatic rings. The van der Waals surface area contributed by atoms with Crippen LogP contribution in [0.5, 0.6) is 0 Å². The average Bonchev–Trinajstić information content (AvgIpc) is 3.67. The molecule has 0 spiro atoms. The number of hydrogen-bond donors (Lipinski definition) is 3. The summed E-state index contributed by atoms with van der Waals surface area (Å²) in [5, 5.41) is 13.6. The van der Waals surface area contributed by atoms with Gasteiger partial charge < -0.3 is 15.5 Å². The lowest BCUT2D eigenvalue weighted by atomic mass is 10.1. The van der Waals surface area contributed by atoms with Crippen molar-refractivity contribution in [2.24, 2.45) is 0 Å². The topological polar surface area (TPSA) is 125 Å². The summed E-state index contributed by atoms with van der Waals surface area (Å²) in [6.07, 6.45) is 10.4. The molecule has 182 valence electrons. The highest BCUT2D eigenvalue weighted by atomic mass is 19.1. The van der Waals surface area contributed by atoms with Crippen LogP contribution >= 0.6 is 0 Å². The molecule has 1 unspecified atom stereocenters. The standard InChI is InChI=1S/C24H28FN9O/c25-19-11-10-15(13-26-19)27-22(35)18-9-4-12-34(18)24-28-17-8-3-7-16(17)21(31-24)30-23-29-20(32-33-23)14-5-1-2-6-14/h10-11,13-14,18H,1-9,12H2,(H,27,35)(H2,28,29,30,31,32,33). The van der Waals surface area contributed by atoms with Crippen LogP contribution in [0.25, 0.3) is 0 Å². The van der Waals surface area contributed by atoms with Crippen molar-refractivity contribution in [3.8, 4) is 0 Å². The van der Waals surface area contributed by atoms with E-state index in [0.29, 0.717) is 42.3 Å². The molecule has 1 saturated carbocycles. The third-order valence-corrected chi connectivity index (χ3v) is 7.20. The average molecular weight is 478 g/mol. The molecule has 2 fully saturated rings. The number of halogens is 1. The fraction of sp³-hybridized carbons (Fsp3) is 0.500. The predicted molar refractivity (Wildman–Crippen MR) is 128 cm³/mol. The molecular weight excluding hydrogens is 449 g/mol. The van der Waals surface area contributed by atoms with Crippen molar-refractivity contribution in [1.29, 1.82) is 0 Å². The number of aryl methyl sites for hydroxylation is 1. The number of pyridine rings is 1. The van der Waals surface area contributed by atoms with Crippen LogP contribution in [0.1, 0.15) is 67.9 Å². The summed E-state index contributed by atoms with van der Waals surface area (Å²) in [5.41, 5.74) is 2.57. The van der Waals surface area contributed by atoms with Crippen LogP contribution in [-0.2, 0) is 17.6 Å². The fourth-order valence-corrected chi connectivity index (χ4v) is 5.42. The fourth-order valence-electron chi connectivity index (χ4n) is 5.42. The monoisotopic (exact) mass is 477 g/mol. The summed E-state index contributed by atoms with van der Waals surface area (Å²) in [6.45, 7) is 0.685. The van der Waals surface area contributed by atoms with Gasteiger partial charge in [-0.05, 0) is 57.1 Å². The number of rotatable bonds is 6. The second kappa shape index (κ2) is 9.20. The highest BCUT2D eigenvalue weighted by Crippen LogP contribution is 2.34. The van der Waals surface area contributed by atoms with E-state index in [-0.39, 0.29) is 5.91 Å². The SMILES string of the molecule is O=C(Nc1ccc(F)nc1)C1CCCN1c1nc2c(c(Nc3n[nH]c(C4CCCC4)n3)n1)CCC2. The lowest BCUT2D eigenvalue weighted by Gasteiger charge is -2.25. The zero-order valence-electron chi connectivity index (χ0n) is 19.4. The van der Waals surface area contributed by atoms with Crippen molar-refractivity contribution >= 4 is 29.3 Å². The van der Waals surface area contributed by atoms with Crippen molar-refractivity contribution < 1.29 is 9.18 Å². The molecule has 10 nitrogen and oxygen atoms in total. The summed E-state index contributed by atoms with van der Waals surface area (Å²) >= 11 is 0. The van der Waals surface area contributed by atoms with Crippen molar-refractivity contribution in [3.63, 3.8) is 0 Å². The van der Waals surface area contributed by atoms with Gasteiger partial charge in [-0.25, -0.2) is 9.97 Å². The minimum atomic E-state index is -0.584. The van der Waals surface area contributed by atoms with Crippen LogP contribution in [0.4, 0.5) is 27.8 Å². The summed E-state index contributed by atoms with van der Waals surface area (Å²) in [5.74, 6) is 2.39. The van der Waals surface area contributed by atoms with Gasteiger partial charge in [-0.1, -0.05) is 12.8 Å². The quantitative estimate of drug-likeness (QED) is 0.460. The molecule has 0 bridgehead atoms. The normalized spacial score (nSPS) is 19.8. The first-order valence-electron chi connectivity index (χ1n) is 12.4. The maximum Gasteiger partial charge on any atom is 0.247 e. The zero-order chi connectivity index (χ0) is 23.8. The van der Waals surface area contributed by atoms with Crippen LogP contribution < -0.4 is 15.5 Å². The highest BCUT2D eigenvalue weighted by Gasteiger charge is 2.34. The molecule has 1 amide bonds. The van der Waals surface area contributed by atoms with E-state index in [1.165, 1.54) is 31.2 Å². The Morgan fingerprint density at radius 3 is 2.77 bits per heavy atom. The minimum absolute atomic E-state index is 0.176. The third-order valence-electron chi connectivity index (χ3n) is 7.20. The van der Waals surface area contributed by atoms with Crippen molar-refractivity contribution in [2.45, 2.75) is 69.7 Å². The summed E-state index contributed by atoms with van der Waals surface area (Å²) in [7, 11) is 0. The number of anilines is 4. The van der Waals surface area contributed by atoms with Crippen LogP contribution in [0.3, 0.4) is 0 Å². The van der Waals surface area contributed by atoms with E-state index < -0.39 is 12.0 Å². The Morgan fingerprint density at radius 1 is 1.06 bits per heavy atom. The second-order valence-electron chi connectivity index (χ2n) is 9.51. The van der Waals surface area contributed by atoms with Gasteiger partial charge in [-0.3, -0.25) is 9.89 Å². The predicted octanol–water partition coefficient (Wildman–Crippen LogP) is 3.63. The van der Waals surface area contributed by atoms with E-state index >= 15 is 0 Å². The van der Waals surface area contributed by atoms with Gasteiger partial charge in [0.2, 0.25) is 23.8 Å². The zero-order valence-corrected chi connectivity index (χ0v) is 19.4. The maximum atomic E-state index is 13.1. The van der Waals surface area contributed by atoms with E-state index in [9.17, 15) is 9.18 Å². The number of nitrogens with one attached hydrogen (secondary N) is 3. The molecule has 3 N–H and O–H groups in total. The molecule has 3 aromatic heterocycles. The number of carbonyl (C=O) groups excluding carboxylic acids is 1. The number of aromatic nitrogens is 6. The van der Waals surface area contributed by atoms with E-state index in [1.54, 1.807) is 0 Å². The van der Waals surface area contributed by atoms with E-state index in [2.05, 4.69) is 30.8 Å². The number of aromatic amines is 1. The van der Waals surface area contributed by atoms with E-state index in [4.69, 9.17) is 9.97 Å². The molecule has 1 aliphatic heterocycles. The lowest BCUT2D eigenvalue weighted by Crippen LogP contribution is -2.40. The summed E-state index contributed by atoms with van der Waals surface area (Å²) in [4.78, 5) is 33.0. The molecule has 11 heteroatoms. The highest BCUT2D eigenvalue weighted by molar-refractivity contribution is 5.96. The Bertz CT molecular complexity index is 1220. The van der Waals surface area contributed by atoms with Crippen LogP contribution in [-0.4, -0.2) is 48.6 Å². The minimum Gasteiger partial charge on any atom is -0.329 e. The lowest BCUT2D eigenvalue weighted by molar-refractivity contribution is -0.117. The van der Waals surface area contributed by atoms with Crippen molar-refractivity contribution in [1.82, 2.24) is 30.1 Å². The number of nitrogens with zero attached hydrogens (tertiary/aromatic N) is 6. The van der Waals surface area contributed by atoms with E-state index in [1.807, 2.05) is 4.90 Å². The largest absolute Gasteiger partial charge is 0.329 e. The first-order valence-corrected chi connectivity index (χ1v) is 12.4. The number of H-pyrrole nitrogens is 1. The number of fused-ring (bicyclic) bond motifs is 1. The van der Waals surface area contributed by atoms with Crippen LogP contribution in [0.15, 0.2) is 18.3 Å². The number of hydrogen-bond acceptors (Lipinski definition) is 8. The molecule has 0 aromatic carbocycles. The van der Waals surface area contributed by atoms with Gasteiger partial charge in [0.25, 0.3) is 0 Å². The number of amides is 1. The van der Waals surface area contributed by atoms with Gasteiger partial charge in [-0.2, -0.15) is 14.4 Å². The van der Waals surface area contributed by atoms with Crippen LogP contribution in [0.2, 0.25) is 0 Å². The molecule has 0 radical (unpaired) electrons. The molecule has 6 rings (SSSR count). The molecule has 4 heterocycles. The molecule has 3 aliphatic rings. The molecule has 1 atom stereocenters. The Balaban J connectivity index is 1.24. The van der Waals surface area contributed by atoms with Gasteiger partial charge in [0.15, 0.2) is 0 Å². The Hall–Kier alpha value is -3.63. The van der Waals surface area contributed by atoms with Crippen molar-refractivity contribution in [3.05, 3.63) is 41.4 Å². The van der Waals surface area contributed by atoms with Crippen LogP contribution in [0, 0.1) is 5.95 Å². The van der Waals surface area contributed by atoms with Gasteiger partial charge in [0, 0.05) is 18.0 Å². The molecule has 2 aliphatic carbocycles. The molecular formula is C24H28FN9O. The smallest absolute Gasteiger partial charge is 0.247 e. The third kappa shape index (κ3) is 4.42. The Labute approximate surface area is 202 Å². The maximum absolute atomic E-state index is 13.1. The summed E-state index contributed by atoms with van der Waals surface area (Å²) in [6, 6.07) is 2.32. The Morgan fingerprint density at radius 2 is 1.94 bits per heavy atom. The van der Waals surface area contributed by atoms with Crippen molar-refractivity contribution in [2.75, 3.05) is 22.1 Å². The van der Waals surface area contributed by atoms with E-state index in [0.717, 1.165) is 55.6 Å². The summed E-state index contributed by atoms with van der Waals surface area (Å²) < 4.78 is 13.1. The first-order chi connectivity index (χ1) is 17.1. The van der Waals surface area contributed by atoms with Gasteiger partial charge in [0.05, 0.1) is 17.6 Å². The second-order valence-corrected chi connectivity index (χ2v) is 9.51. The van der Waals surface area contributed by atoms with Gasteiger partial charge in [0.1, 0.15) is 17.7 Å². The van der Waals surface area contributed by atoms with Gasteiger partial charge >= 0.3 is 0 Å². The number of carbonyl (C=O) groups is 1. The van der Waals surface area contributed by atoms with Gasteiger partial charge in [-0.15, -0.1) is 5.10 Å². The first kappa shape index (κ1) is 21.9. The molecule has 35 heavy (non-hydrogen) atoms. The molecule has 1 saturated heterocycles. The Kier molecular flexibility index (Phi) is 5.75.